The van der Waals surface area contributed by atoms with E-state index in [4.69, 9.17) is 19.0 Å². The van der Waals surface area contributed by atoms with Crippen molar-refractivity contribution in [1.82, 2.24) is 5.32 Å². The summed E-state index contributed by atoms with van der Waals surface area (Å²) in [5.41, 5.74) is 7.98. The third-order valence-corrected chi connectivity index (χ3v) is 6.62. The van der Waals surface area contributed by atoms with Crippen molar-refractivity contribution in [2.75, 3.05) is 34.4 Å². The molecule has 0 radical (unpaired) electrons. The molecule has 0 aromatic heterocycles. The Kier molecular flexibility index (Phi) is 7.35. The molecule has 0 heterocycles. The molecule has 1 rings (SSSR count). The Morgan fingerprint density at radius 2 is 1.75 bits per heavy atom. The van der Waals surface area contributed by atoms with Gasteiger partial charge in [0.1, 0.15) is 0 Å². The summed E-state index contributed by atoms with van der Waals surface area (Å²) < 4.78 is 16.8. The van der Waals surface area contributed by atoms with E-state index in [9.17, 15) is 0 Å². The van der Waals surface area contributed by atoms with E-state index in [0.29, 0.717) is 6.54 Å². The molecule has 0 aliphatic carbocycles. The van der Waals surface area contributed by atoms with Crippen LogP contribution in [-0.4, -0.2) is 43.2 Å². The second kappa shape index (κ2) is 8.51. The largest absolute Gasteiger partial charge is 0.507 e. The van der Waals surface area contributed by atoms with E-state index in [1.165, 1.54) is 11.1 Å². The van der Waals surface area contributed by atoms with Gasteiger partial charge in [-0.25, -0.2) is 0 Å². The Hall–Kier alpha value is -0.763. The normalized spacial score (nSPS) is 13.4. The number of nitrogens with two attached hydrogens (primary N) is 1. The molecule has 0 bridgehead atoms. The average molecular weight is 298 g/mol. The molecule has 6 heteroatoms. The fourth-order valence-electron chi connectivity index (χ4n) is 2.41. The molecule has 0 fully saturated rings. The van der Waals surface area contributed by atoms with Crippen LogP contribution >= 0.6 is 0 Å². The van der Waals surface area contributed by atoms with Crippen molar-refractivity contribution in [3.63, 3.8) is 0 Å². The van der Waals surface area contributed by atoms with E-state index < -0.39 is 8.80 Å². The fourth-order valence-corrected chi connectivity index (χ4v) is 4.64. The van der Waals surface area contributed by atoms with Gasteiger partial charge in [0.2, 0.25) is 0 Å². The third-order valence-electron chi connectivity index (χ3n) is 3.54. The molecule has 0 aliphatic rings. The van der Waals surface area contributed by atoms with E-state index >= 15 is 0 Å². The van der Waals surface area contributed by atoms with Crippen molar-refractivity contribution >= 4 is 8.80 Å². The van der Waals surface area contributed by atoms with E-state index in [2.05, 4.69) is 24.4 Å². The van der Waals surface area contributed by atoms with Gasteiger partial charge in [0.05, 0.1) is 5.54 Å². The number of nitrogens with one attached hydrogen (secondary N) is 1. The summed E-state index contributed by atoms with van der Waals surface area (Å²) in [6.07, 6.45) is 0. The van der Waals surface area contributed by atoms with Gasteiger partial charge in [0.25, 0.3) is 0 Å². The molecular formula is C14H26N2O3Si. The average Bonchev–Trinajstić information content (AvgIpc) is 2.50. The summed E-state index contributed by atoms with van der Waals surface area (Å²) in [6, 6.07) is 8.27. The Bertz CT molecular complexity index is 391. The molecule has 5 nitrogen and oxygen atoms in total. The van der Waals surface area contributed by atoms with Crippen molar-refractivity contribution in [2.45, 2.75) is 19.0 Å². The van der Waals surface area contributed by atoms with Crippen molar-refractivity contribution in [2.24, 2.45) is 5.73 Å². The first kappa shape index (κ1) is 17.3. The first-order valence-corrected chi connectivity index (χ1v) is 8.59. The second-order valence-corrected chi connectivity index (χ2v) is 7.90. The molecule has 0 saturated heterocycles. The van der Waals surface area contributed by atoms with Gasteiger partial charge in [-0.05, 0) is 11.1 Å². The lowest BCUT2D eigenvalue weighted by molar-refractivity contribution is 0.114. The molecule has 114 valence electrons. The maximum absolute atomic E-state index is 5.59. The predicted octanol–water partition coefficient (Wildman–Crippen LogP) is 1.26. The lowest BCUT2D eigenvalue weighted by Gasteiger charge is -2.31. The van der Waals surface area contributed by atoms with Crippen LogP contribution in [0.2, 0.25) is 0 Å². The predicted molar refractivity (Wildman–Crippen MR) is 82.4 cm³/mol. The van der Waals surface area contributed by atoms with Crippen molar-refractivity contribution < 1.29 is 13.3 Å². The first-order valence-electron chi connectivity index (χ1n) is 6.79. The van der Waals surface area contributed by atoms with Crippen LogP contribution in [0.1, 0.15) is 23.6 Å². The topological polar surface area (TPSA) is 65.7 Å². The summed E-state index contributed by atoms with van der Waals surface area (Å²) in [5.74, 6) is 0. The lowest BCUT2D eigenvalue weighted by Crippen LogP contribution is -2.48. The van der Waals surface area contributed by atoms with Crippen LogP contribution < -0.4 is 11.1 Å². The lowest BCUT2D eigenvalue weighted by atomic mass is 10.1. The Morgan fingerprint density at radius 3 is 2.30 bits per heavy atom. The minimum atomic E-state index is -2.69. The summed E-state index contributed by atoms with van der Waals surface area (Å²) in [6.45, 7) is 4.29. The fraction of sp³-hybridized carbons (Fsp3) is 0.571. The maximum atomic E-state index is 5.59. The van der Waals surface area contributed by atoms with Gasteiger partial charge in [-0.2, -0.15) is 0 Å². The van der Waals surface area contributed by atoms with Gasteiger partial charge in [-0.3, -0.25) is 0 Å². The number of hydrogen-bond donors (Lipinski definition) is 2. The van der Waals surface area contributed by atoms with E-state index in [1.807, 2.05) is 12.1 Å². The molecule has 0 amide bonds. The molecule has 20 heavy (non-hydrogen) atoms. The Labute approximate surface area is 122 Å². The van der Waals surface area contributed by atoms with Gasteiger partial charge in [-0.1, -0.05) is 31.2 Å². The SMILES string of the molecule is CO[Si](OC)(OC)C(C)c1ccccc1CNCCN. The highest BCUT2D eigenvalue weighted by Gasteiger charge is 2.46. The van der Waals surface area contributed by atoms with Crippen LogP contribution in [0.25, 0.3) is 0 Å². The van der Waals surface area contributed by atoms with Crippen molar-refractivity contribution in [3.05, 3.63) is 35.4 Å². The van der Waals surface area contributed by atoms with E-state index in [-0.39, 0.29) is 5.54 Å². The van der Waals surface area contributed by atoms with Gasteiger partial charge < -0.3 is 24.3 Å². The monoisotopic (exact) mass is 298 g/mol. The van der Waals surface area contributed by atoms with Crippen LogP contribution in [0.3, 0.4) is 0 Å². The van der Waals surface area contributed by atoms with Crippen LogP contribution in [0.15, 0.2) is 24.3 Å². The maximum Gasteiger partial charge on any atom is 0.507 e. The quantitative estimate of drug-likeness (QED) is 0.531. The molecule has 1 aromatic rings. The number of rotatable bonds is 9. The zero-order chi connectivity index (χ0) is 15.0. The summed E-state index contributed by atoms with van der Waals surface area (Å²) >= 11 is 0. The van der Waals surface area contributed by atoms with Crippen LogP contribution in [0.5, 0.6) is 0 Å². The van der Waals surface area contributed by atoms with Gasteiger partial charge in [0, 0.05) is 41.0 Å². The van der Waals surface area contributed by atoms with Gasteiger partial charge in [0.15, 0.2) is 0 Å². The zero-order valence-corrected chi connectivity index (χ0v) is 13.8. The molecule has 1 atom stereocenters. The van der Waals surface area contributed by atoms with Crippen LogP contribution in [0, 0.1) is 0 Å². The van der Waals surface area contributed by atoms with E-state index in [1.54, 1.807) is 21.3 Å². The first-order chi connectivity index (χ1) is 9.65. The molecule has 0 aliphatic heterocycles. The summed E-state index contributed by atoms with van der Waals surface area (Å²) in [7, 11) is 2.24. The molecular weight excluding hydrogens is 272 g/mol. The minimum Gasteiger partial charge on any atom is -0.376 e. The molecule has 1 unspecified atom stereocenters. The highest BCUT2D eigenvalue weighted by atomic mass is 28.4. The number of benzene rings is 1. The van der Waals surface area contributed by atoms with Crippen molar-refractivity contribution in [1.29, 1.82) is 0 Å². The van der Waals surface area contributed by atoms with Gasteiger partial charge >= 0.3 is 8.80 Å². The molecule has 0 saturated carbocycles. The Morgan fingerprint density at radius 1 is 1.15 bits per heavy atom. The zero-order valence-electron chi connectivity index (χ0n) is 12.8. The third kappa shape index (κ3) is 3.88. The second-order valence-electron chi connectivity index (χ2n) is 4.60. The van der Waals surface area contributed by atoms with E-state index in [0.717, 1.165) is 13.1 Å². The van der Waals surface area contributed by atoms with Crippen molar-refractivity contribution in [3.8, 4) is 0 Å². The van der Waals surface area contributed by atoms with Crippen LogP contribution in [0.4, 0.5) is 0 Å². The highest BCUT2D eigenvalue weighted by molar-refractivity contribution is 6.62. The standard InChI is InChI=1S/C14H26N2O3Si/c1-12(20(17-2,18-3)19-4)14-8-6-5-7-13(14)11-16-10-9-15/h5-8,12,16H,9-11,15H2,1-4H3. The smallest absolute Gasteiger partial charge is 0.376 e. The summed E-state index contributed by atoms with van der Waals surface area (Å²) in [5, 5.41) is 3.32. The summed E-state index contributed by atoms with van der Waals surface area (Å²) in [4.78, 5) is 0. The number of hydrogen-bond acceptors (Lipinski definition) is 5. The minimum absolute atomic E-state index is 0.0679. The Balaban J connectivity index is 2.99. The molecule has 0 spiro atoms. The molecule has 1 aromatic carbocycles. The van der Waals surface area contributed by atoms with Gasteiger partial charge in [-0.15, -0.1) is 0 Å². The highest BCUT2D eigenvalue weighted by Crippen LogP contribution is 2.30. The van der Waals surface area contributed by atoms with Crippen LogP contribution in [-0.2, 0) is 19.8 Å². The molecule has 3 N–H and O–H groups in total.